The predicted octanol–water partition coefficient (Wildman–Crippen LogP) is 5.17. The van der Waals surface area contributed by atoms with Crippen LogP contribution in [0.4, 0.5) is 5.69 Å². The fraction of sp³-hybridized carbons (Fsp3) is 0.241. The molecular weight excluding hydrogens is 474 g/mol. The van der Waals surface area contributed by atoms with Crippen molar-refractivity contribution in [1.29, 1.82) is 0 Å². The van der Waals surface area contributed by atoms with Gasteiger partial charge in [-0.05, 0) is 53.4 Å². The largest absolute Gasteiger partial charge is 0.506 e. The lowest BCUT2D eigenvalue weighted by Crippen LogP contribution is -2.29. The zero-order chi connectivity index (χ0) is 26.9. The zero-order valence-electron chi connectivity index (χ0n) is 21.3. The molecule has 1 atom stereocenters. The van der Waals surface area contributed by atoms with Crippen molar-refractivity contribution in [2.45, 2.75) is 25.8 Å². The molecule has 0 aromatic heterocycles. The van der Waals surface area contributed by atoms with Crippen molar-refractivity contribution in [2.75, 3.05) is 26.2 Å². The van der Waals surface area contributed by atoms with E-state index in [4.69, 9.17) is 14.2 Å². The molecule has 1 aliphatic rings. The maximum absolute atomic E-state index is 13.5. The number of ketones is 1. The Morgan fingerprint density at radius 2 is 1.46 bits per heavy atom. The maximum Gasteiger partial charge on any atom is 0.300 e. The summed E-state index contributed by atoms with van der Waals surface area (Å²) in [6.45, 7) is 4.12. The van der Waals surface area contributed by atoms with Gasteiger partial charge in [0, 0.05) is 5.69 Å². The van der Waals surface area contributed by atoms with Gasteiger partial charge in [0.1, 0.15) is 22.8 Å². The molecule has 1 unspecified atom stereocenters. The van der Waals surface area contributed by atoms with Crippen LogP contribution in [0.25, 0.3) is 5.76 Å². The number of aliphatic hydroxyl groups is 1. The zero-order valence-corrected chi connectivity index (χ0v) is 21.3. The van der Waals surface area contributed by atoms with Crippen LogP contribution >= 0.6 is 0 Å². The van der Waals surface area contributed by atoms with Crippen molar-refractivity contribution in [3.8, 4) is 23.0 Å². The Morgan fingerprint density at radius 1 is 0.865 bits per heavy atom. The number of rotatable bonds is 7. The second kappa shape index (κ2) is 10.3. The summed E-state index contributed by atoms with van der Waals surface area (Å²) in [7, 11) is 4.28. The van der Waals surface area contributed by atoms with Gasteiger partial charge in [-0.25, -0.2) is 0 Å². The normalized spacial score (nSPS) is 16.8. The number of carbonyl (C=O) groups is 2. The van der Waals surface area contributed by atoms with Gasteiger partial charge in [-0.15, -0.1) is 0 Å². The monoisotopic (exact) mass is 503 g/mol. The van der Waals surface area contributed by atoms with E-state index < -0.39 is 23.5 Å². The van der Waals surface area contributed by atoms with Crippen LogP contribution in [0.2, 0.25) is 0 Å². The number of anilines is 1. The van der Waals surface area contributed by atoms with Crippen LogP contribution < -0.4 is 19.1 Å². The van der Waals surface area contributed by atoms with Gasteiger partial charge in [0.25, 0.3) is 11.7 Å². The molecule has 0 bridgehead atoms. The van der Waals surface area contributed by atoms with E-state index in [0.717, 1.165) is 5.56 Å². The van der Waals surface area contributed by atoms with Crippen LogP contribution in [0.1, 0.15) is 42.5 Å². The molecule has 1 fully saturated rings. The summed E-state index contributed by atoms with van der Waals surface area (Å²) in [5, 5.41) is 22.1. The number of nitrogens with zero attached hydrogens (tertiary/aromatic N) is 1. The molecule has 192 valence electrons. The molecule has 1 aliphatic heterocycles. The quantitative estimate of drug-likeness (QED) is 0.260. The summed E-state index contributed by atoms with van der Waals surface area (Å²) < 4.78 is 16.0. The Hall–Kier alpha value is -4.46. The van der Waals surface area contributed by atoms with Gasteiger partial charge in [-0.2, -0.15) is 0 Å². The maximum atomic E-state index is 13.5. The molecule has 0 spiro atoms. The highest BCUT2D eigenvalue weighted by Gasteiger charge is 2.47. The van der Waals surface area contributed by atoms with Crippen molar-refractivity contribution in [1.82, 2.24) is 0 Å². The number of hydrogen-bond donors (Lipinski definition) is 2. The Balaban J connectivity index is 1.99. The van der Waals surface area contributed by atoms with E-state index >= 15 is 0 Å². The number of carbonyl (C=O) groups excluding carboxylic acids is 2. The van der Waals surface area contributed by atoms with Gasteiger partial charge < -0.3 is 24.4 Å². The second-order valence-corrected chi connectivity index (χ2v) is 8.88. The number of benzene rings is 3. The Labute approximate surface area is 215 Å². The highest BCUT2D eigenvalue weighted by Crippen LogP contribution is 2.46. The predicted molar refractivity (Wildman–Crippen MR) is 140 cm³/mol. The molecule has 8 nitrogen and oxygen atoms in total. The molecule has 0 saturated carbocycles. The van der Waals surface area contributed by atoms with Gasteiger partial charge in [0.2, 0.25) is 0 Å². The molecule has 3 aromatic rings. The molecule has 4 rings (SSSR count). The molecule has 0 aliphatic carbocycles. The topological polar surface area (TPSA) is 106 Å². The molecule has 1 heterocycles. The van der Waals surface area contributed by atoms with E-state index in [2.05, 4.69) is 13.8 Å². The average Bonchev–Trinajstić information content (AvgIpc) is 3.17. The number of phenols is 1. The number of phenolic OH excluding ortho intramolecular Hbond substituents is 1. The highest BCUT2D eigenvalue weighted by molar-refractivity contribution is 6.51. The van der Waals surface area contributed by atoms with Crippen LogP contribution in [-0.4, -0.2) is 43.2 Å². The summed E-state index contributed by atoms with van der Waals surface area (Å²) >= 11 is 0. The van der Waals surface area contributed by atoms with Crippen molar-refractivity contribution < 1.29 is 34.0 Å². The Bertz CT molecular complexity index is 1350. The number of methoxy groups -OCH3 is 3. The molecule has 8 heteroatoms. The molecule has 3 aromatic carbocycles. The average molecular weight is 504 g/mol. The summed E-state index contributed by atoms with van der Waals surface area (Å²) in [5.74, 6) is -1.27. The van der Waals surface area contributed by atoms with Crippen molar-refractivity contribution >= 4 is 23.1 Å². The minimum Gasteiger partial charge on any atom is -0.506 e. The lowest BCUT2D eigenvalue weighted by atomic mass is 9.94. The minimum atomic E-state index is -1.05. The van der Waals surface area contributed by atoms with E-state index in [1.165, 1.54) is 38.4 Å². The lowest BCUT2D eigenvalue weighted by Gasteiger charge is -2.26. The first-order valence-electron chi connectivity index (χ1n) is 11.7. The molecular formula is C29H29NO7. The SMILES string of the molecule is COc1ccc(C2/C(=C(\O)c3c(OC)cccc3OC)C(=O)C(=O)N2c2ccc(C(C)C)cc2)cc1O. The fourth-order valence-corrected chi connectivity index (χ4v) is 4.53. The van der Waals surface area contributed by atoms with Crippen LogP contribution in [0.5, 0.6) is 23.0 Å². The lowest BCUT2D eigenvalue weighted by molar-refractivity contribution is -0.132. The third-order valence-electron chi connectivity index (χ3n) is 6.47. The van der Waals surface area contributed by atoms with E-state index in [9.17, 15) is 19.8 Å². The number of amides is 1. The highest BCUT2D eigenvalue weighted by atomic mass is 16.5. The number of aromatic hydroxyl groups is 1. The second-order valence-electron chi connectivity index (χ2n) is 8.88. The molecule has 2 N–H and O–H groups in total. The van der Waals surface area contributed by atoms with Gasteiger partial charge in [0.15, 0.2) is 11.5 Å². The molecule has 37 heavy (non-hydrogen) atoms. The Morgan fingerprint density at radius 3 is 1.97 bits per heavy atom. The van der Waals surface area contributed by atoms with E-state index in [0.29, 0.717) is 11.3 Å². The summed E-state index contributed by atoms with van der Waals surface area (Å²) in [5.41, 5.74) is 1.92. The van der Waals surface area contributed by atoms with E-state index in [-0.39, 0.29) is 40.1 Å². The van der Waals surface area contributed by atoms with Crippen molar-refractivity contribution in [3.05, 3.63) is 82.9 Å². The molecule has 1 saturated heterocycles. The van der Waals surface area contributed by atoms with E-state index in [1.807, 2.05) is 12.1 Å². The number of ether oxygens (including phenoxy) is 3. The van der Waals surface area contributed by atoms with Crippen molar-refractivity contribution in [3.63, 3.8) is 0 Å². The standard InChI is InChI=1S/C29H29NO7/c1-16(2)17-9-12-19(13-10-17)30-26(18-11-14-21(35-3)20(31)15-18)25(28(33)29(30)34)27(32)24-22(36-4)7-6-8-23(24)37-5/h6-16,26,31-32H,1-5H3/b27-25+. The number of hydrogen-bond acceptors (Lipinski definition) is 7. The van der Waals surface area contributed by atoms with Gasteiger partial charge in [-0.1, -0.05) is 38.1 Å². The first-order valence-corrected chi connectivity index (χ1v) is 11.7. The minimum absolute atomic E-state index is 0.142. The smallest absolute Gasteiger partial charge is 0.300 e. The van der Waals surface area contributed by atoms with Crippen molar-refractivity contribution in [2.24, 2.45) is 0 Å². The van der Waals surface area contributed by atoms with Gasteiger partial charge in [-0.3, -0.25) is 14.5 Å². The van der Waals surface area contributed by atoms with Gasteiger partial charge in [0.05, 0.1) is 32.9 Å². The molecule has 0 radical (unpaired) electrons. The third-order valence-corrected chi connectivity index (χ3v) is 6.47. The first kappa shape index (κ1) is 25.6. The first-order chi connectivity index (χ1) is 17.7. The van der Waals surface area contributed by atoms with Crippen LogP contribution in [0.3, 0.4) is 0 Å². The van der Waals surface area contributed by atoms with Crippen LogP contribution in [-0.2, 0) is 9.59 Å². The van der Waals surface area contributed by atoms with Crippen LogP contribution in [0.15, 0.2) is 66.2 Å². The summed E-state index contributed by atoms with van der Waals surface area (Å²) in [4.78, 5) is 28.3. The third kappa shape index (κ3) is 4.46. The number of aliphatic hydroxyl groups excluding tert-OH is 1. The van der Waals surface area contributed by atoms with Gasteiger partial charge >= 0.3 is 0 Å². The number of Topliss-reactive ketones (excluding diaryl/α,β-unsaturated/α-hetero) is 1. The van der Waals surface area contributed by atoms with E-state index in [1.54, 1.807) is 36.4 Å². The summed E-state index contributed by atoms with van der Waals surface area (Å²) in [6.07, 6.45) is 0. The Kier molecular flexibility index (Phi) is 7.11. The fourth-order valence-electron chi connectivity index (χ4n) is 4.53. The van der Waals surface area contributed by atoms with Crippen LogP contribution in [0, 0.1) is 0 Å². The molecule has 1 amide bonds. The summed E-state index contributed by atoms with van der Waals surface area (Å²) in [6, 6.07) is 15.8.